The molecule has 9 heteroatoms. The average Bonchev–Trinajstić information content (AvgIpc) is 3.30. The Hall–Kier alpha value is -3.14. The third-order valence-corrected chi connectivity index (χ3v) is 8.63. The predicted octanol–water partition coefficient (Wildman–Crippen LogP) is 5.16. The van der Waals surface area contributed by atoms with Crippen LogP contribution in [0.1, 0.15) is 37.4 Å². The van der Waals surface area contributed by atoms with E-state index in [9.17, 15) is 0 Å². The van der Waals surface area contributed by atoms with Gasteiger partial charge in [0.2, 0.25) is 5.95 Å². The number of pyridine rings is 1. The van der Waals surface area contributed by atoms with Gasteiger partial charge in [0.05, 0.1) is 22.9 Å². The van der Waals surface area contributed by atoms with Gasteiger partial charge >= 0.3 is 0 Å². The first-order valence-corrected chi connectivity index (χ1v) is 14.0. The Kier molecular flexibility index (Phi) is 5.79. The fraction of sp³-hybridized carbons (Fsp3) is 0.429. The molecule has 2 bridgehead atoms. The molecule has 8 nitrogen and oxygen atoms in total. The van der Waals surface area contributed by atoms with Gasteiger partial charge in [0.15, 0.2) is 0 Å². The highest BCUT2D eigenvalue weighted by Gasteiger charge is 2.43. The van der Waals surface area contributed by atoms with Crippen LogP contribution < -0.4 is 10.2 Å². The number of piperazine rings is 1. The van der Waals surface area contributed by atoms with Crippen molar-refractivity contribution in [3.8, 4) is 10.6 Å². The van der Waals surface area contributed by atoms with Crippen molar-refractivity contribution in [3.63, 3.8) is 0 Å². The van der Waals surface area contributed by atoms with E-state index in [2.05, 4.69) is 51.3 Å². The van der Waals surface area contributed by atoms with Gasteiger partial charge in [0.1, 0.15) is 16.6 Å². The number of aromatic nitrogens is 4. The molecular formula is C28H31N7OS. The predicted molar refractivity (Wildman–Crippen MR) is 147 cm³/mol. The summed E-state index contributed by atoms with van der Waals surface area (Å²) >= 11 is 1.66. The van der Waals surface area contributed by atoms with Gasteiger partial charge < -0.3 is 15.0 Å². The third kappa shape index (κ3) is 4.67. The second-order valence-electron chi connectivity index (χ2n) is 10.4. The van der Waals surface area contributed by atoms with Crippen molar-refractivity contribution in [2.45, 2.75) is 57.9 Å². The zero-order valence-electron chi connectivity index (χ0n) is 21.2. The summed E-state index contributed by atoms with van der Waals surface area (Å²) in [5, 5.41) is 4.40. The van der Waals surface area contributed by atoms with E-state index in [0.717, 1.165) is 63.7 Å². The normalized spacial score (nSPS) is 21.3. The Labute approximate surface area is 220 Å². The number of nitrogens with zero attached hydrogens (tertiary/aromatic N) is 6. The second kappa shape index (κ2) is 9.31. The van der Waals surface area contributed by atoms with Gasteiger partial charge in [0, 0.05) is 54.8 Å². The van der Waals surface area contributed by atoms with Crippen LogP contribution in [-0.2, 0) is 11.3 Å². The van der Waals surface area contributed by atoms with E-state index in [1.807, 2.05) is 25.3 Å². The fourth-order valence-corrected chi connectivity index (χ4v) is 6.44. The summed E-state index contributed by atoms with van der Waals surface area (Å²) in [7, 11) is 0. The lowest BCUT2D eigenvalue weighted by Gasteiger charge is -2.33. The summed E-state index contributed by atoms with van der Waals surface area (Å²) in [5.41, 5.74) is 4.18. The third-order valence-electron chi connectivity index (χ3n) is 7.58. The van der Waals surface area contributed by atoms with E-state index < -0.39 is 0 Å². The number of aryl methyl sites for hydroxylation is 1. The maximum Gasteiger partial charge on any atom is 0.227 e. The van der Waals surface area contributed by atoms with Gasteiger partial charge in [-0.1, -0.05) is 25.1 Å². The van der Waals surface area contributed by atoms with Crippen LogP contribution in [0.5, 0.6) is 0 Å². The van der Waals surface area contributed by atoms with Crippen LogP contribution in [0.25, 0.3) is 20.8 Å². The summed E-state index contributed by atoms with van der Waals surface area (Å²) in [6.45, 7) is 8.14. The number of thiazole rings is 1. The molecule has 7 rings (SSSR count). The minimum atomic E-state index is 0.453. The number of hydrogen-bond acceptors (Lipinski definition) is 9. The van der Waals surface area contributed by atoms with Crippen LogP contribution in [0, 0.1) is 6.92 Å². The lowest BCUT2D eigenvalue weighted by atomic mass is 10.1. The topological polar surface area (TPSA) is 79.3 Å². The smallest absolute Gasteiger partial charge is 0.227 e. The molecule has 190 valence electrons. The Balaban J connectivity index is 1.10. The fourth-order valence-electron chi connectivity index (χ4n) is 5.53. The number of anilines is 3. The summed E-state index contributed by atoms with van der Waals surface area (Å²) < 4.78 is 6.95. The summed E-state index contributed by atoms with van der Waals surface area (Å²) in [6, 6.07) is 13.6. The van der Waals surface area contributed by atoms with E-state index in [1.54, 1.807) is 11.3 Å². The molecule has 3 fully saturated rings. The molecule has 1 aliphatic carbocycles. The van der Waals surface area contributed by atoms with Crippen molar-refractivity contribution < 1.29 is 4.74 Å². The average molecular weight is 514 g/mol. The first-order valence-electron chi connectivity index (χ1n) is 13.2. The van der Waals surface area contributed by atoms with E-state index in [0.29, 0.717) is 24.8 Å². The summed E-state index contributed by atoms with van der Waals surface area (Å²) in [6.07, 6.45) is 5.93. The Morgan fingerprint density at radius 1 is 1.05 bits per heavy atom. The first kappa shape index (κ1) is 23.0. The lowest BCUT2D eigenvalue weighted by Crippen LogP contribution is -2.46. The molecular weight excluding hydrogens is 482 g/mol. The van der Waals surface area contributed by atoms with E-state index in [4.69, 9.17) is 19.7 Å². The Morgan fingerprint density at radius 2 is 1.97 bits per heavy atom. The monoisotopic (exact) mass is 513 g/mol. The van der Waals surface area contributed by atoms with Gasteiger partial charge in [-0.15, -0.1) is 11.3 Å². The zero-order valence-corrected chi connectivity index (χ0v) is 22.0. The van der Waals surface area contributed by atoms with Crippen LogP contribution >= 0.6 is 11.3 Å². The number of nitrogens with one attached hydrogen (secondary N) is 1. The SMILES string of the molecule is CCN1CC2CC1CN2c1nc(C)cc(Nc2cc3nc(-c4cccc(COC5CC5)c4)sc3cn2)n1. The van der Waals surface area contributed by atoms with Gasteiger partial charge in [-0.2, -0.15) is 4.98 Å². The number of hydrogen-bond donors (Lipinski definition) is 1. The first-order chi connectivity index (χ1) is 18.1. The van der Waals surface area contributed by atoms with Crippen molar-refractivity contribution >= 4 is 39.1 Å². The lowest BCUT2D eigenvalue weighted by molar-refractivity contribution is 0.106. The number of ether oxygens (including phenoxy) is 1. The molecule has 2 saturated heterocycles. The minimum absolute atomic E-state index is 0.453. The molecule has 2 atom stereocenters. The van der Waals surface area contributed by atoms with Gasteiger partial charge in [0.25, 0.3) is 0 Å². The molecule has 4 aromatic rings. The van der Waals surface area contributed by atoms with E-state index in [1.165, 1.54) is 24.8 Å². The van der Waals surface area contributed by atoms with Crippen molar-refractivity contribution in [1.82, 2.24) is 24.8 Å². The quantitative estimate of drug-likeness (QED) is 0.346. The van der Waals surface area contributed by atoms with Gasteiger partial charge in [-0.25, -0.2) is 15.0 Å². The number of benzene rings is 1. The van der Waals surface area contributed by atoms with Crippen LogP contribution in [0.3, 0.4) is 0 Å². The van der Waals surface area contributed by atoms with E-state index in [-0.39, 0.29) is 0 Å². The Bertz CT molecular complexity index is 1450. The van der Waals surface area contributed by atoms with Gasteiger partial charge in [-0.3, -0.25) is 4.90 Å². The summed E-state index contributed by atoms with van der Waals surface area (Å²) in [5.74, 6) is 2.32. The molecule has 1 saturated carbocycles. The van der Waals surface area contributed by atoms with Crippen LogP contribution in [0.4, 0.5) is 17.6 Å². The maximum atomic E-state index is 5.88. The molecule has 0 amide bonds. The van der Waals surface area contributed by atoms with Crippen LogP contribution in [0.15, 0.2) is 42.6 Å². The van der Waals surface area contributed by atoms with Crippen LogP contribution in [-0.4, -0.2) is 62.7 Å². The molecule has 0 spiro atoms. The molecule has 0 radical (unpaired) electrons. The number of likely N-dealkylation sites (N-methyl/N-ethyl adjacent to an activating group) is 1. The molecule has 3 aromatic heterocycles. The van der Waals surface area contributed by atoms with Crippen molar-refractivity contribution in [2.75, 3.05) is 29.9 Å². The largest absolute Gasteiger partial charge is 0.374 e. The molecule has 1 N–H and O–H groups in total. The van der Waals surface area contributed by atoms with Crippen molar-refractivity contribution in [2.24, 2.45) is 0 Å². The number of fused-ring (bicyclic) bond motifs is 3. The highest BCUT2D eigenvalue weighted by molar-refractivity contribution is 7.21. The molecule has 37 heavy (non-hydrogen) atoms. The number of rotatable bonds is 8. The molecule has 3 aliphatic rings. The van der Waals surface area contributed by atoms with Crippen molar-refractivity contribution in [3.05, 3.63) is 53.9 Å². The zero-order chi connectivity index (χ0) is 24.9. The highest BCUT2D eigenvalue weighted by Crippen LogP contribution is 2.34. The van der Waals surface area contributed by atoms with Gasteiger partial charge in [-0.05, 0) is 44.4 Å². The van der Waals surface area contributed by atoms with Crippen molar-refractivity contribution in [1.29, 1.82) is 0 Å². The molecule has 2 aliphatic heterocycles. The molecule has 1 aromatic carbocycles. The maximum absolute atomic E-state index is 5.88. The molecule has 5 heterocycles. The molecule has 2 unspecified atom stereocenters. The second-order valence-corrected chi connectivity index (χ2v) is 11.4. The van der Waals surface area contributed by atoms with E-state index >= 15 is 0 Å². The van der Waals surface area contributed by atoms with Crippen LogP contribution in [0.2, 0.25) is 0 Å². The highest BCUT2D eigenvalue weighted by atomic mass is 32.1. The summed E-state index contributed by atoms with van der Waals surface area (Å²) in [4.78, 5) is 24.2. The minimum Gasteiger partial charge on any atom is -0.374 e. The number of likely N-dealkylation sites (tertiary alicyclic amines) is 1. The standard InChI is InChI=1S/C28H31N7OS/c1-3-34-14-21-11-20(34)15-35(21)28-30-17(2)9-26(33-28)32-25-12-23-24(13-29-25)37-27(31-23)19-6-4-5-18(10-19)16-36-22-7-8-22/h4-6,9-10,12-13,20-22H,3,7-8,11,14-16H2,1-2H3,(H,29,30,32,33). The Morgan fingerprint density at radius 3 is 2.78 bits per heavy atom.